The van der Waals surface area contributed by atoms with Gasteiger partial charge in [-0.05, 0) is 59.5 Å². The van der Waals surface area contributed by atoms with Crippen LogP contribution in [0.3, 0.4) is 0 Å². The van der Waals surface area contributed by atoms with Crippen LogP contribution in [0.4, 0.5) is 0 Å². The van der Waals surface area contributed by atoms with Crippen molar-refractivity contribution in [3.05, 3.63) is 143 Å². The Morgan fingerprint density at radius 2 is 1.43 bits per heavy atom. The van der Waals surface area contributed by atoms with Gasteiger partial charge in [0, 0.05) is 18.2 Å². The number of carbonyl (C=O) groups is 2. The second-order valence-corrected chi connectivity index (χ2v) is 8.70. The third kappa shape index (κ3) is 7.94. The molecule has 0 radical (unpaired) electrons. The number of rotatable bonds is 10. The standard InChI is InChI=1S/C32H30N2O3/c1-24(28-10-6-3-7-11-28)34-32(36)29-17-12-26(13-18-29)22-33-31(35)21-16-25-14-19-30(20-15-25)37-23-27-8-4-2-5-9-27/h2-21,24H,22-23H2,1H3,(H,33,35)(H,34,36)/b21-16+/t24-/m1/s1. The summed E-state index contributed by atoms with van der Waals surface area (Å²) in [5.74, 6) is 0.450. The van der Waals surface area contributed by atoms with Crippen LogP contribution in [0, 0.1) is 0 Å². The minimum absolute atomic E-state index is 0.0857. The molecule has 2 N–H and O–H groups in total. The summed E-state index contributed by atoms with van der Waals surface area (Å²) < 4.78 is 5.79. The molecule has 0 fully saturated rings. The molecule has 4 aromatic carbocycles. The Balaban J connectivity index is 1.21. The lowest BCUT2D eigenvalue weighted by molar-refractivity contribution is -0.116. The van der Waals surface area contributed by atoms with Gasteiger partial charge in [0.15, 0.2) is 0 Å². The van der Waals surface area contributed by atoms with E-state index < -0.39 is 0 Å². The summed E-state index contributed by atoms with van der Waals surface area (Å²) in [4.78, 5) is 24.8. The van der Waals surface area contributed by atoms with Crippen molar-refractivity contribution in [3.8, 4) is 5.75 Å². The maximum Gasteiger partial charge on any atom is 0.251 e. The average Bonchev–Trinajstić information content (AvgIpc) is 2.95. The third-order valence-corrected chi connectivity index (χ3v) is 5.89. The van der Waals surface area contributed by atoms with Gasteiger partial charge in [-0.2, -0.15) is 0 Å². The predicted octanol–water partition coefficient (Wildman–Crippen LogP) is 6.09. The number of hydrogen-bond donors (Lipinski definition) is 2. The second-order valence-electron chi connectivity index (χ2n) is 8.70. The minimum atomic E-state index is -0.192. The molecule has 0 aromatic heterocycles. The first-order valence-corrected chi connectivity index (χ1v) is 12.2. The maximum absolute atomic E-state index is 12.6. The number of ether oxygens (including phenoxy) is 1. The largest absolute Gasteiger partial charge is 0.489 e. The van der Waals surface area contributed by atoms with Gasteiger partial charge in [-0.25, -0.2) is 0 Å². The molecule has 0 aliphatic carbocycles. The first-order chi connectivity index (χ1) is 18.1. The summed E-state index contributed by atoms with van der Waals surface area (Å²) in [6.45, 7) is 2.84. The Hall–Kier alpha value is -4.64. The Labute approximate surface area is 217 Å². The van der Waals surface area contributed by atoms with Crippen molar-refractivity contribution in [2.75, 3.05) is 0 Å². The quantitative estimate of drug-likeness (QED) is 0.265. The van der Waals surface area contributed by atoms with Gasteiger partial charge >= 0.3 is 0 Å². The summed E-state index contributed by atoms with van der Waals surface area (Å²) in [5.41, 5.74) is 4.56. The van der Waals surface area contributed by atoms with Crippen molar-refractivity contribution in [1.29, 1.82) is 0 Å². The van der Waals surface area contributed by atoms with Crippen molar-refractivity contribution in [3.63, 3.8) is 0 Å². The molecule has 2 amide bonds. The van der Waals surface area contributed by atoms with E-state index in [2.05, 4.69) is 10.6 Å². The van der Waals surface area contributed by atoms with Crippen LogP contribution < -0.4 is 15.4 Å². The molecule has 0 aliphatic rings. The van der Waals surface area contributed by atoms with Crippen molar-refractivity contribution >= 4 is 17.9 Å². The molecule has 5 nitrogen and oxygen atoms in total. The molecule has 0 saturated heterocycles. The van der Waals surface area contributed by atoms with E-state index in [0.717, 1.165) is 28.0 Å². The van der Waals surface area contributed by atoms with E-state index in [4.69, 9.17) is 4.74 Å². The number of carbonyl (C=O) groups excluding carboxylic acids is 2. The molecule has 0 unspecified atom stereocenters. The fraction of sp³-hybridized carbons (Fsp3) is 0.125. The number of hydrogen-bond acceptors (Lipinski definition) is 3. The van der Waals surface area contributed by atoms with Gasteiger partial charge in [-0.3, -0.25) is 9.59 Å². The monoisotopic (exact) mass is 490 g/mol. The van der Waals surface area contributed by atoms with Crippen LogP contribution in [-0.2, 0) is 17.9 Å². The van der Waals surface area contributed by atoms with Gasteiger partial charge in [0.2, 0.25) is 5.91 Å². The van der Waals surface area contributed by atoms with Crippen molar-refractivity contribution in [2.45, 2.75) is 26.1 Å². The van der Waals surface area contributed by atoms with Gasteiger partial charge < -0.3 is 15.4 Å². The molecule has 0 heterocycles. The van der Waals surface area contributed by atoms with Crippen LogP contribution in [0.2, 0.25) is 0 Å². The second kappa shape index (κ2) is 12.9. The van der Waals surface area contributed by atoms with E-state index in [-0.39, 0.29) is 17.9 Å². The minimum Gasteiger partial charge on any atom is -0.489 e. The normalized spacial score (nSPS) is 11.6. The molecule has 37 heavy (non-hydrogen) atoms. The molecule has 0 bridgehead atoms. The number of benzene rings is 4. The maximum atomic E-state index is 12.6. The van der Waals surface area contributed by atoms with Crippen LogP contribution in [0.25, 0.3) is 6.08 Å². The Morgan fingerprint density at radius 1 is 0.784 bits per heavy atom. The molecule has 0 saturated carbocycles. The Bertz CT molecular complexity index is 1320. The van der Waals surface area contributed by atoms with Gasteiger partial charge in [-0.15, -0.1) is 0 Å². The summed E-state index contributed by atoms with van der Waals surface area (Å²) in [5, 5.41) is 5.88. The van der Waals surface area contributed by atoms with Gasteiger partial charge in [-0.1, -0.05) is 84.9 Å². The lowest BCUT2D eigenvalue weighted by Crippen LogP contribution is -2.26. The molecular weight excluding hydrogens is 460 g/mol. The topological polar surface area (TPSA) is 67.4 Å². The first-order valence-electron chi connectivity index (χ1n) is 12.2. The molecule has 186 valence electrons. The SMILES string of the molecule is C[C@@H](NC(=O)c1ccc(CNC(=O)/C=C/c2ccc(OCc3ccccc3)cc2)cc1)c1ccccc1. The highest BCUT2D eigenvalue weighted by Gasteiger charge is 2.11. The highest BCUT2D eigenvalue weighted by molar-refractivity contribution is 5.94. The van der Waals surface area contributed by atoms with Crippen molar-refractivity contribution < 1.29 is 14.3 Å². The van der Waals surface area contributed by atoms with Crippen LogP contribution in [0.1, 0.15) is 45.6 Å². The number of nitrogens with one attached hydrogen (secondary N) is 2. The molecule has 0 spiro atoms. The van der Waals surface area contributed by atoms with Crippen molar-refractivity contribution in [2.24, 2.45) is 0 Å². The zero-order valence-electron chi connectivity index (χ0n) is 20.8. The lowest BCUT2D eigenvalue weighted by atomic mass is 10.1. The fourth-order valence-corrected chi connectivity index (χ4v) is 3.72. The van der Waals surface area contributed by atoms with Crippen LogP contribution >= 0.6 is 0 Å². The number of amides is 2. The summed E-state index contributed by atoms with van der Waals surface area (Å²) in [6.07, 6.45) is 3.27. The van der Waals surface area contributed by atoms with E-state index in [1.807, 2.05) is 104 Å². The molecular formula is C32H30N2O3. The highest BCUT2D eigenvalue weighted by atomic mass is 16.5. The molecule has 5 heteroatoms. The van der Waals surface area contributed by atoms with E-state index in [1.165, 1.54) is 6.08 Å². The van der Waals surface area contributed by atoms with Gasteiger partial charge in [0.05, 0.1) is 6.04 Å². The van der Waals surface area contributed by atoms with E-state index in [9.17, 15) is 9.59 Å². The van der Waals surface area contributed by atoms with Gasteiger partial charge in [0.1, 0.15) is 12.4 Å². The van der Waals surface area contributed by atoms with Crippen LogP contribution in [-0.4, -0.2) is 11.8 Å². The predicted molar refractivity (Wildman–Crippen MR) is 147 cm³/mol. The van der Waals surface area contributed by atoms with Crippen LogP contribution in [0.15, 0.2) is 115 Å². The third-order valence-electron chi connectivity index (χ3n) is 5.89. The fourth-order valence-electron chi connectivity index (χ4n) is 3.72. The molecule has 1 atom stereocenters. The average molecular weight is 491 g/mol. The van der Waals surface area contributed by atoms with E-state index >= 15 is 0 Å². The van der Waals surface area contributed by atoms with Gasteiger partial charge in [0.25, 0.3) is 5.91 Å². The van der Waals surface area contributed by atoms with Crippen LogP contribution in [0.5, 0.6) is 5.75 Å². The summed E-state index contributed by atoms with van der Waals surface area (Å²) in [6, 6.07) is 34.6. The molecule has 4 aromatic rings. The highest BCUT2D eigenvalue weighted by Crippen LogP contribution is 2.16. The smallest absolute Gasteiger partial charge is 0.251 e. The van der Waals surface area contributed by atoms with E-state index in [0.29, 0.717) is 18.7 Å². The molecule has 4 rings (SSSR count). The zero-order valence-corrected chi connectivity index (χ0v) is 20.8. The zero-order chi connectivity index (χ0) is 25.9. The Morgan fingerprint density at radius 3 is 2.11 bits per heavy atom. The van der Waals surface area contributed by atoms with Crippen molar-refractivity contribution in [1.82, 2.24) is 10.6 Å². The summed E-state index contributed by atoms with van der Waals surface area (Å²) >= 11 is 0. The lowest BCUT2D eigenvalue weighted by Gasteiger charge is -2.14. The molecule has 0 aliphatic heterocycles. The Kier molecular flexibility index (Phi) is 8.87. The summed E-state index contributed by atoms with van der Waals surface area (Å²) in [7, 11) is 0. The van der Waals surface area contributed by atoms with E-state index in [1.54, 1.807) is 18.2 Å². The first kappa shape index (κ1) is 25.5.